The maximum Gasteiger partial charge on any atom is 0.244 e. The van der Waals surface area contributed by atoms with E-state index in [1.807, 2.05) is 6.92 Å². The lowest BCUT2D eigenvalue weighted by molar-refractivity contribution is 0.357. The molecule has 0 saturated carbocycles. The molecule has 1 aromatic carbocycles. The third kappa shape index (κ3) is 3.13. The lowest BCUT2D eigenvalue weighted by Crippen LogP contribution is -2.33. The summed E-state index contributed by atoms with van der Waals surface area (Å²) in [6, 6.07) is 5.07. The van der Waals surface area contributed by atoms with Crippen LogP contribution in [0.1, 0.15) is 12.0 Å². The highest BCUT2D eigenvalue weighted by atomic mass is 32.2. The van der Waals surface area contributed by atoms with Crippen molar-refractivity contribution < 1.29 is 8.42 Å². The molecule has 1 aromatic rings. The minimum absolute atomic E-state index is 0.206. The predicted octanol–water partition coefficient (Wildman–Crippen LogP) is 1.15. The fourth-order valence-corrected chi connectivity index (χ4v) is 4.05. The zero-order valence-corrected chi connectivity index (χ0v) is 13.2. The van der Waals surface area contributed by atoms with Crippen molar-refractivity contribution in [2.24, 2.45) is 5.92 Å². The van der Waals surface area contributed by atoms with Gasteiger partial charge >= 0.3 is 0 Å². The highest BCUT2D eigenvalue weighted by Crippen LogP contribution is 2.24. The number of sulfonamides is 1. The topological polar surface area (TPSA) is 66.6 Å². The predicted molar refractivity (Wildman–Crippen MR) is 81.0 cm³/mol. The number of anilines is 1. The van der Waals surface area contributed by atoms with Crippen LogP contribution in [0, 0.1) is 12.8 Å². The van der Waals surface area contributed by atoms with Gasteiger partial charge in [0.05, 0.1) is 5.69 Å². The first kappa shape index (κ1) is 15.3. The molecule has 0 radical (unpaired) electrons. The third-order valence-electron chi connectivity index (χ3n) is 3.86. The van der Waals surface area contributed by atoms with Gasteiger partial charge in [-0.2, -0.15) is 0 Å². The fraction of sp³-hybridized carbons (Fsp3) is 0.571. The molecule has 1 unspecified atom stereocenters. The molecule has 1 atom stereocenters. The van der Waals surface area contributed by atoms with Crippen molar-refractivity contribution in [3.05, 3.63) is 23.8 Å². The summed E-state index contributed by atoms with van der Waals surface area (Å²) in [7, 11) is 0.192. The number of nitrogens with zero attached hydrogens (tertiary/aromatic N) is 2. The summed E-state index contributed by atoms with van der Waals surface area (Å²) in [6.45, 7) is 4.42. The van der Waals surface area contributed by atoms with Gasteiger partial charge in [0.15, 0.2) is 0 Å². The number of rotatable bonds is 4. The van der Waals surface area contributed by atoms with Gasteiger partial charge in [-0.05, 0) is 50.6 Å². The molecule has 112 valence electrons. The molecule has 0 spiro atoms. The van der Waals surface area contributed by atoms with E-state index < -0.39 is 10.0 Å². The Labute approximate surface area is 121 Å². The third-order valence-corrected chi connectivity index (χ3v) is 5.76. The molecule has 2 rings (SSSR count). The first-order valence-corrected chi connectivity index (χ1v) is 8.25. The van der Waals surface area contributed by atoms with Crippen LogP contribution in [0.2, 0.25) is 0 Å². The van der Waals surface area contributed by atoms with Gasteiger partial charge in [0.2, 0.25) is 10.0 Å². The van der Waals surface area contributed by atoms with E-state index in [1.54, 1.807) is 25.2 Å². The van der Waals surface area contributed by atoms with Crippen molar-refractivity contribution in [1.82, 2.24) is 9.21 Å². The molecule has 5 nitrogen and oxygen atoms in total. The van der Waals surface area contributed by atoms with E-state index in [1.165, 1.54) is 4.31 Å². The summed E-state index contributed by atoms with van der Waals surface area (Å²) in [4.78, 5) is 2.43. The van der Waals surface area contributed by atoms with Gasteiger partial charge in [0.1, 0.15) is 4.90 Å². The minimum atomic E-state index is -3.50. The Balaban J connectivity index is 2.17. The van der Waals surface area contributed by atoms with Gasteiger partial charge < -0.3 is 10.6 Å². The second-order valence-electron chi connectivity index (χ2n) is 5.74. The van der Waals surface area contributed by atoms with Crippen molar-refractivity contribution in [1.29, 1.82) is 0 Å². The molecule has 1 heterocycles. The Morgan fingerprint density at radius 1 is 1.45 bits per heavy atom. The van der Waals surface area contributed by atoms with Crippen LogP contribution in [0.5, 0.6) is 0 Å². The number of nitrogens with two attached hydrogens (primary N) is 1. The van der Waals surface area contributed by atoms with Crippen LogP contribution in [-0.2, 0) is 10.0 Å². The lowest BCUT2D eigenvalue weighted by Gasteiger charge is -2.21. The molecule has 0 aromatic heterocycles. The van der Waals surface area contributed by atoms with Gasteiger partial charge in [-0.25, -0.2) is 12.7 Å². The Bertz CT molecular complexity index is 586. The quantitative estimate of drug-likeness (QED) is 0.847. The Hall–Kier alpha value is -1.11. The van der Waals surface area contributed by atoms with E-state index in [2.05, 4.69) is 11.9 Å². The van der Waals surface area contributed by atoms with E-state index in [-0.39, 0.29) is 4.90 Å². The van der Waals surface area contributed by atoms with Gasteiger partial charge in [-0.15, -0.1) is 0 Å². The first-order valence-electron chi connectivity index (χ1n) is 6.81. The van der Waals surface area contributed by atoms with Crippen molar-refractivity contribution in [2.75, 3.05) is 39.5 Å². The number of nitrogen functional groups attached to an aromatic ring is 1. The maximum absolute atomic E-state index is 12.6. The van der Waals surface area contributed by atoms with Crippen molar-refractivity contribution in [3.63, 3.8) is 0 Å². The number of likely N-dealkylation sites (tertiary alicyclic amines) is 1. The van der Waals surface area contributed by atoms with Crippen molar-refractivity contribution in [3.8, 4) is 0 Å². The summed E-state index contributed by atoms with van der Waals surface area (Å²) in [5, 5.41) is 0. The molecule has 1 fully saturated rings. The Morgan fingerprint density at radius 2 is 2.15 bits per heavy atom. The van der Waals surface area contributed by atoms with E-state index in [4.69, 9.17) is 5.73 Å². The summed E-state index contributed by atoms with van der Waals surface area (Å²) in [5.41, 5.74) is 7.14. The second-order valence-corrected chi connectivity index (χ2v) is 7.76. The zero-order valence-electron chi connectivity index (χ0n) is 12.3. The minimum Gasteiger partial charge on any atom is -0.398 e. The van der Waals surface area contributed by atoms with Crippen molar-refractivity contribution >= 4 is 15.7 Å². The Kier molecular flexibility index (Phi) is 4.36. The molecule has 2 N–H and O–H groups in total. The standard InChI is InChI=1S/C14H23N3O2S/c1-11-4-5-14(13(15)8-11)20(18,19)17(3)10-12-6-7-16(2)9-12/h4-5,8,12H,6-7,9-10,15H2,1-3H3. The Morgan fingerprint density at radius 3 is 2.70 bits per heavy atom. The summed E-state index contributed by atoms with van der Waals surface area (Å²) >= 11 is 0. The maximum atomic E-state index is 12.6. The van der Waals surface area contributed by atoms with E-state index in [0.717, 1.165) is 25.1 Å². The van der Waals surface area contributed by atoms with Gasteiger partial charge in [0.25, 0.3) is 0 Å². The fourth-order valence-electron chi connectivity index (χ4n) is 2.71. The molecule has 20 heavy (non-hydrogen) atoms. The molecule has 1 aliphatic rings. The average molecular weight is 297 g/mol. The molecule has 0 aliphatic carbocycles. The number of hydrogen-bond donors (Lipinski definition) is 1. The summed E-state index contributed by atoms with van der Waals surface area (Å²) < 4.78 is 26.6. The highest BCUT2D eigenvalue weighted by Gasteiger charge is 2.28. The number of aryl methyl sites for hydroxylation is 1. The molecule has 0 amide bonds. The SMILES string of the molecule is Cc1ccc(S(=O)(=O)N(C)CC2CCN(C)C2)c(N)c1. The van der Waals surface area contributed by atoms with E-state index in [0.29, 0.717) is 18.2 Å². The van der Waals surface area contributed by atoms with Crippen LogP contribution < -0.4 is 5.73 Å². The monoisotopic (exact) mass is 297 g/mol. The molecular weight excluding hydrogens is 274 g/mol. The normalized spacial score (nSPS) is 20.7. The van der Waals surface area contributed by atoms with Gasteiger partial charge in [-0.1, -0.05) is 6.07 Å². The van der Waals surface area contributed by atoms with Crippen LogP contribution in [0.3, 0.4) is 0 Å². The van der Waals surface area contributed by atoms with Crippen LogP contribution in [0.25, 0.3) is 0 Å². The van der Waals surface area contributed by atoms with Crippen LogP contribution in [-0.4, -0.2) is 51.4 Å². The van der Waals surface area contributed by atoms with Crippen LogP contribution in [0.15, 0.2) is 23.1 Å². The largest absolute Gasteiger partial charge is 0.398 e. The lowest BCUT2D eigenvalue weighted by atomic mass is 10.1. The van der Waals surface area contributed by atoms with E-state index >= 15 is 0 Å². The molecular formula is C14H23N3O2S. The van der Waals surface area contributed by atoms with Crippen LogP contribution >= 0.6 is 0 Å². The average Bonchev–Trinajstić information content (AvgIpc) is 2.74. The molecule has 0 bridgehead atoms. The van der Waals surface area contributed by atoms with Gasteiger partial charge in [-0.3, -0.25) is 0 Å². The summed E-state index contributed by atoms with van der Waals surface area (Å²) in [5.74, 6) is 0.395. The van der Waals surface area contributed by atoms with Gasteiger partial charge in [0, 0.05) is 20.1 Å². The highest BCUT2D eigenvalue weighted by molar-refractivity contribution is 7.89. The second kappa shape index (κ2) is 5.71. The first-order chi connectivity index (χ1) is 9.30. The zero-order chi connectivity index (χ0) is 14.9. The van der Waals surface area contributed by atoms with Crippen LogP contribution in [0.4, 0.5) is 5.69 Å². The van der Waals surface area contributed by atoms with E-state index in [9.17, 15) is 8.42 Å². The smallest absolute Gasteiger partial charge is 0.244 e. The van der Waals surface area contributed by atoms with Crippen molar-refractivity contribution in [2.45, 2.75) is 18.2 Å². The molecule has 1 saturated heterocycles. The number of hydrogen-bond acceptors (Lipinski definition) is 4. The molecule has 1 aliphatic heterocycles. The number of benzene rings is 1. The molecule has 6 heteroatoms. The summed E-state index contributed by atoms with van der Waals surface area (Å²) in [6.07, 6.45) is 1.04.